The molecule has 0 bridgehead atoms. The van der Waals surface area contributed by atoms with Crippen LogP contribution in [0.3, 0.4) is 0 Å². The normalized spacial score (nSPS) is 15.3. The number of aromatic amines is 1. The smallest absolute Gasteiger partial charge is 0.309 e. The van der Waals surface area contributed by atoms with Gasteiger partial charge in [0.1, 0.15) is 0 Å². The first-order valence-electron chi connectivity index (χ1n) is 6.91. The number of fused-ring (bicyclic) bond motifs is 3. The minimum atomic E-state index is -0.767. The number of rotatable bonds is 3. The van der Waals surface area contributed by atoms with Crippen molar-refractivity contribution >= 4 is 16.9 Å². The Kier molecular flexibility index (Phi) is 3.05. The van der Waals surface area contributed by atoms with Gasteiger partial charge in [-0.3, -0.25) is 4.79 Å². The molecule has 0 amide bonds. The summed E-state index contributed by atoms with van der Waals surface area (Å²) in [6.45, 7) is 4.92. The van der Waals surface area contributed by atoms with E-state index in [4.69, 9.17) is 4.74 Å². The zero-order chi connectivity index (χ0) is 14.3. The van der Waals surface area contributed by atoms with Gasteiger partial charge in [0.2, 0.25) is 0 Å². The van der Waals surface area contributed by atoms with Crippen molar-refractivity contribution in [3.05, 3.63) is 35.0 Å². The van der Waals surface area contributed by atoms with Gasteiger partial charge in [0.15, 0.2) is 0 Å². The van der Waals surface area contributed by atoms with E-state index in [2.05, 4.69) is 11.1 Å². The Morgan fingerprint density at radius 2 is 2.25 bits per heavy atom. The second-order valence-electron chi connectivity index (χ2n) is 6.13. The maximum atomic E-state index is 11.2. The fraction of sp³-hybridized carbons (Fsp3) is 0.438. The largest absolute Gasteiger partial charge is 0.481 e. The Morgan fingerprint density at radius 1 is 1.45 bits per heavy atom. The van der Waals surface area contributed by atoms with Gasteiger partial charge in [-0.25, -0.2) is 0 Å². The van der Waals surface area contributed by atoms with Crippen molar-refractivity contribution in [2.45, 2.75) is 33.3 Å². The number of carbonyl (C=O) groups is 1. The van der Waals surface area contributed by atoms with E-state index in [9.17, 15) is 9.90 Å². The Hall–Kier alpha value is -1.81. The van der Waals surface area contributed by atoms with E-state index >= 15 is 0 Å². The minimum absolute atomic E-state index is 0.527. The summed E-state index contributed by atoms with van der Waals surface area (Å²) in [5.41, 5.74) is 3.89. The van der Waals surface area contributed by atoms with Crippen LogP contribution in [0.2, 0.25) is 0 Å². The molecule has 0 fully saturated rings. The average Bonchev–Trinajstić information content (AvgIpc) is 2.76. The van der Waals surface area contributed by atoms with Crippen LogP contribution in [0.5, 0.6) is 0 Å². The molecule has 1 aromatic heterocycles. The number of aromatic nitrogens is 1. The van der Waals surface area contributed by atoms with Crippen molar-refractivity contribution in [1.82, 2.24) is 4.98 Å². The average molecular weight is 273 g/mol. The molecule has 0 atom stereocenters. The van der Waals surface area contributed by atoms with Crippen molar-refractivity contribution in [1.29, 1.82) is 0 Å². The van der Waals surface area contributed by atoms with Crippen LogP contribution in [0.15, 0.2) is 18.2 Å². The van der Waals surface area contributed by atoms with Crippen LogP contribution < -0.4 is 0 Å². The molecule has 0 unspecified atom stereocenters. The summed E-state index contributed by atoms with van der Waals surface area (Å²) >= 11 is 0. The van der Waals surface area contributed by atoms with Crippen LogP contribution in [0.1, 0.15) is 30.7 Å². The first-order valence-corrected chi connectivity index (χ1v) is 6.91. The second-order valence-corrected chi connectivity index (χ2v) is 6.13. The van der Waals surface area contributed by atoms with E-state index in [1.807, 2.05) is 12.1 Å². The Labute approximate surface area is 117 Å². The van der Waals surface area contributed by atoms with Crippen LogP contribution in [0.4, 0.5) is 0 Å². The monoisotopic (exact) mass is 273 g/mol. The van der Waals surface area contributed by atoms with E-state index in [1.54, 1.807) is 13.8 Å². The van der Waals surface area contributed by atoms with Gasteiger partial charge >= 0.3 is 5.97 Å². The molecule has 1 aliphatic rings. The summed E-state index contributed by atoms with van der Waals surface area (Å²) in [7, 11) is 0. The number of nitrogens with one attached hydrogen (secondary N) is 1. The van der Waals surface area contributed by atoms with Crippen LogP contribution in [-0.4, -0.2) is 22.7 Å². The molecule has 3 rings (SSSR count). The lowest BCUT2D eigenvalue weighted by Gasteiger charge is -2.19. The van der Waals surface area contributed by atoms with E-state index in [-0.39, 0.29) is 0 Å². The van der Waals surface area contributed by atoms with Gasteiger partial charge in [-0.15, -0.1) is 0 Å². The molecule has 0 spiro atoms. The van der Waals surface area contributed by atoms with Crippen LogP contribution in [-0.2, 0) is 29.0 Å². The number of H-pyrrole nitrogens is 1. The molecule has 0 aliphatic carbocycles. The summed E-state index contributed by atoms with van der Waals surface area (Å²) < 4.78 is 5.53. The van der Waals surface area contributed by atoms with Gasteiger partial charge in [0.05, 0.1) is 18.6 Å². The summed E-state index contributed by atoms with van der Waals surface area (Å²) in [5.74, 6) is -0.767. The fourth-order valence-electron chi connectivity index (χ4n) is 2.77. The number of hydrogen-bond donors (Lipinski definition) is 2. The molecule has 106 valence electrons. The molecule has 20 heavy (non-hydrogen) atoms. The Morgan fingerprint density at radius 3 is 3.00 bits per heavy atom. The Balaban J connectivity index is 2.00. The molecule has 4 heteroatoms. The third-order valence-corrected chi connectivity index (χ3v) is 4.03. The number of carboxylic acid groups (broad SMARTS) is 1. The molecule has 2 N–H and O–H groups in total. The van der Waals surface area contributed by atoms with Gasteiger partial charge in [-0.2, -0.15) is 0 Å². The van der Waals surface area contributed by atoms with Crippen molar-refractivity contribution in [3.63, 3.8) is 0 Å². The van der Waals surface area contributed by atoms with E-state index in [0.29, 0.717) is 13.0 Å². The lowest BCUT2D eigenvalue weighted by atomic mass is 9.85. The van der Waals surface area contributed by atoms with Gasteiger partial charge < -0.3 is 14.8 Å². The van der Waals surface area contributed by atoms with Gasteiger partial charge in [0, 0.05) is 28.6 Å². The molecule has 0 radical (unpaired) electrons. The number of carboxylic acids is 1. The van der Waals surface area contributed by atoms with Crippen LogP contribution in [0.25, 0.3) is 10.9 Å². The van der Waals surface area contributed by atoms with Gasteiger partial charge in [0.25, 0.3) is 0 Å². The predicted octanol–water partition coefficient (Wildman–Crippen LogP) is 2.89. The molecule has 0 saturated carbocycles. The first-order chi connectivity index (χ1) is 9.47. The molecule has 1 aliphatic heterocycles. The molecule has 2 aromatic rings. The SMILES string of the molecule is CC(C)(Cc1ccc2[nH]c3c(c2c1)COCC3)C(=O)O. The van der Waals surface area contributed by atoms with E-state index < -0.39 is 11.4 Å². The summed E-state index contributed by atoms with van der Waals surface area (Å²) in [4.78, 5) is 14.7. The summed E-state index contributed by atoms with van der Waals surface area (Å²) in [5, 5.41) is 10.4. The highest BCUT2D eigenvalue weighted by Crippen LogP contribution is 2.29. The third-order valence-electron chi connectivity index (χ3n) is 4.03. The van der Waals surface area contributed by atoms with Gasteiger partial charge in [-0.05, 0) is 38.0 Å². The van der Waals surface area contributed by atoms with E-state index in [0.717, 1.165) is 24.1 Å². The number of ether oxygens (including phenoxy) is 1. The first kappa shape index (κ1) is 13.2. The third kappa shape index (κ3) is 2.20. The zero-order valence-corrected chi connectivity index (χ0v) is 11.8. The highest BCUT2D eigenvalue weighted by Gasteiger charge is 2.27. The maximum absolute atomic E-state index is 11.2. The lowest BCUT2D eigenvalue weighted by molar-refractivity contribution is -0.146. The minimum Gasteiger partial charge on any atom is -0.481 e. The standard InChI is InChI=1S/C16H19NO3/c1-16(2,15(18)19)8-10-3-4-13-11(7-10)12-9-20-6-5-14(12)17-13/h3-4,7,17H,5-6,8-9H2,1-2H3,(H,18,19). The maximum Gasteiger partial charge on any atom is 0.309 e. The topological polar surface area (TPSA) is 62.3 Å². The van der Waals surface area contributed by atoms with E-state index in [1.165, 1.54) is 16.6 Å². The zero-order valence-electron chi connectivity index (χ0n) is 11.8. The van der Waals surface area contributed by atoms with Crippen LogP contribution in [0, 0.1) is 5.41 Å². The predicted molar refractivity (Wildman–Crippen MR) is 76.8 cm³/mol. The van der Waals surface area contributed by atoms with Crippen molar-refractivity contribution in [2.24, 2.45) is 5.41 Å². The fourth-order valence-corrected chi connectivity index (χ4v) is 2.77. The highest BCUT2D eigenvalue weighted by atomic mass is 16.5. The van der Waals surface area contributed by atoms with Crippen molar-refractivity contribution < 1.29 is 14.6 Å². The number of hydrogen-bond acceptors (Lipinski definition) is 2. The summed E-state index contributed by atoms with van der Waals surface area (Å²) in [6, 6.07) is 6.15. The molecule has 4 nitrogen and oxygen atoms in total. The second kappa shape index (κ2) is 4.63. The number of benzene rings is 1. The quantitative estimate of drug-likeness (QED) is 0.904. The molecular weight excluding hydrogens is 254 g/mol. The number of aliphatic carboxylic acids is 1. The molecule has 0 saturated heterocycles. The molecule has 1 aromatic carbocycles. The molecule has 2 heterocycles. The van der Waals surface area contributed by atoms with Crippen molar-refractivity contribution in [2.75, 3.05) is 6.61 Å². The molecular formula is C16H19NO3. The van der Waals surface area contributed by atoms with Gasteiger partial charge in [-0.1, -0.05) is 6.07 Å². The highest BCUT2D eigenvalue weighted by molar-refractivity contribution is 5.85. The van der Waals surface area contributed by atoms with Crippen molar-refractivity contribution in [3.8, 4) is 0 Å². The lowest BCUT2D eigenvalue weighted by Crippen LogP contribution is -2.26. The summed E-state index contributed by atoms with van der Waals surface area (Å²) in [6.07, 6.45) is 1.44. The van der Waals surface area contributed by atoms with Crippen LogP contribution >= 0.6 is 0 Å². The Bertz CT molecular complexity index is 670.